The Bertz CT molecular complexity index is 2180. The van der Waals surface area contributed by atoms with Gasteiger partial charge < -0.3 is 29.8 Å². The molecule has 54 heavy (non-hydrogen) atoms. The van der Waals surface area contributed by atoms with Crippen LogP contribution in [0.3, 0.4) is 0 Å². The first-order valence-corrected chi connectivity index (χ1v) is 18.5. The molecule has 0 bridgehead atoms. The molecule has 9 nitrogen and oxygen atoms in total. The molecule has 2 heterocycles. The Morgan fingerprint density at radius 3 is 2.02 bits per heavy atom. The molecule has 4 aromatic carbocycles. The molecule has 0 atom stereocenters. The standard InChI is InChI=1S/C43H44BN3O6S/c1-28-41(54-29(2)46-28)34-23-33(17-21-38(45)48)40(51-27-31-15-11-8-12-16-31)36(25-34)47-39(49)22-18-32-24-35(44-52-42(3,4)43(5,6)53-44)19-20-37(32)50-26-30-13-9-7-10-14-30/h7-25H,26-27H2,1-6H3,(H2,45,48)(H,47,49)/b21-17+,22-18+. The molecule has 11 heteroatoms. The molecule has 1 aliphatic heterocycles. The Balaban J connectivity index is 1.35. The molecule has 1 fully saturated rings. The minimum atomic E-state index is -0.610. The summed E-state index contributed by atoms with van der Waals surface area (Å²) in [5, 5.41) is 3.95. The number of carbonyl (C=O) groups is 2. The van der Waals surface area contributed by atoms with Gasteiger partial charge in [0.15, 0.2) is 5.75 Å². The fourth-order valence-corrected chi connectivity index (χ4v) is 6.80. The lowest BCUT2D eigenvalue weighted by Gasteiger charge is -2.32. The number of thiazole rings is 1. The van der Waals surface area contributed by atoms with Gasteiger partial charge in [0.1, 0.15) is 19.0 Å². The molecule has 1 saturated heterocycles. The summed E-state index contributed by atoms with van der Waals surface area (Å²) in [7, 11) is -0.600. The van der Waals surface area contributed by atoms with Gasteiger partial charge in [-0.15, -0.1) is 11.3 Å². The van der Waals surface area contributed by atoms with Crippen molar-refractivity contribution >= 4 is 53.6 Å². The maximum atomic E-state index is 13.9. The van der Waals surface area contributed by atoms with Crippen molar-refractivity contribution in [2.45, 2.75) is 66.0 Å². The molecule has 6 rings (SSSR count). The number of anilines is 1. The normalized spacial score (nSPS) is 14.8. The van der Waals surface area contributed by atoms with Crippen molar-refractivity contribution in [2.24, 2.45) is 5.73 Å². The summed E-state index contributed by atoms with van der Waals surface area (Å²) in [5.41, 5.74) is 10.5. The second-order valence-electron chi connectivity index (χ2n) is 14.1. The molecule has 1 aliphatic rings. The molecule has 2 amide bonds. The number of nitrogens with one attached hydrogen (secondary N) is 1. The third-order valence-electron chi connectivity index (χ3n) is 9.41. The summed E-state index contributed by atoms with van der Waals surface area (Å²) in [6.45, 7) is 12.5. The molecule has 0 aliphatic carbocycles. The second-order valence-corrected chi connectivity index (χ2v) is 15.3. The van der Waals surface area contributed by atoms with E-state index in [4.69, 9.17) is 24.5 Å². The Morgan fingerprint density at radius 1 is 0.815 bits per heavy atom. The Hall–Kier alpha value is -5.49. The average molecular weight is 742 g/mol. The van der Waals surface area contributed by atoms with Crippen molar-refractivity contribution in [3.63, 3.8) is 0 Å². The first-order valence-electron chi connectivity index (χ1n) is 17.7. The zero-order valence-electron chi connectivity index (χ0n) is 31.3. The topological polar surface area (TPSA) is 122 Å². The number of nitrogens with two attached hydrogens (primary N) is 1. The molecule has 0 radical (unpaired) electrons. The first-order chi connectivity index (χ1) is 25.8. The van der Waals surface area contributed by atoms with Crippen molar-refractivity contribution in [1.29, 1.82) is 0 Å². The number of hydrogen-bond acceptors (Lipinski definition) is 8. The largest absolute Gasteiger partial charge is 0.494 e. The van der Waals surface area contributed by atoms with Gasteiger partial charge in [0.25, 0.3) is 0 Å². The Kier molecular flexibility index (Phi) is 11.5. The van der Waals surface area contributed by atoms with E-state index in [-0.39, 0.29) is 6.61 Å². The predicted molar refractivity (Wildman–Crippen MR) is 217 cm³/mol. The van der Waals surface area contributed by atoms with E-state index < -0.39 is 30.1 Å². The van der Waals surface area contributed by atoms with Gasteiger partial charge >= 0.3 is 7.12 Å². The smallest absolute Gasteiger partial charge is 0.488 e. The van der Waals surface area contributed by atoms with Crippen LogP contribution in [-0.2, 0) is 32.1 Å². The van der Waals surface area contributed by atoms with E-state index in [1.165, 1.54) is 23.5 Å². The van der Waals surface area contributed by atoms with Crippen molar-refractivity contribution in [1.82, 2.24) is 4.98 Å². The number of aromatic nitrogens is 1. The minimum absolute atomic E-state index is 0.225. The molecule has 5 aromatic rings. The summed E-state index contributed by atoms with van der Waals surface area (Å²) < 4.78 is 25.3. The lowest BCUT2D eigenvalue weighted by molar-refractivity contribution is -0.113. The van der Waals surface area contributed by atoms with Crippen LogP contribution in [0.1, 0.15) is 60.7 Å². The van der Waals surface area contributed by atoms with Crippen molar-refractivity contribution in [3.05, 3.63) is 136 Å². The summed E-state index contributed by atoms with van der Waals surface area (Å²) in [5.74, 6) is -0.0445. The van der Waals surface area contributed by atoms with E-state index >= 15 is 0 Å². The van der Waals surface area contributed by atoms with E-state index in [0.29, 0.717) is 34.9 Å². The SMILES string of the molecule is Cc1nc(C)c(-c2cc(/C=C/C(N)=O)c(OCc3ccccc3)c(NC(=O)/C=C/c3cc(B4OC(C)(C)C(C)(C)O4)ccc3OCc3ccccc3)c2)s1. The summed E-state index contributed by atoms with van der Waals surface area (Å²) >= 11 is 1.54. The number of amides is 2. The maximum absolute atomic E-state index is 13.9. The second kappa shape index (κ2) is 16.3. The summed E-state index contributed by atoms with van der Waals surface area (Å²) in [6, 6.07) is 29.0. The number of benzene rings is 4. The van der Waals surface area contributed by atoms with Gasteiger partial charge in [0.05, 0.1) is 32.5 Å². The number of nitrogens with zero attached hydrogens (tertiary/aromatic N) is 1. The Morgan fingerprint density at radius 2 is 1.43 bits per heavy atom. The maximum Gasteiger partial charge on any atom is 0.494 e. The van der Waals surface area contributed by atoms with E-state index in [1.54, 1.807) is 12.2 Å². The molecular weight excluding hydrogens is 697 g/mol. The first kappa shape index (κ1) is 38.2. The van der Waals surface area contributed by atoms with E-state index in [2.05, 4.69) is 10.3 Å². The van der Waals surface area contributed by atoms with Crippen LogP contribution in [0.15, 0.2) is 103 Å². The molecule has 0 saturated carbocycles. The van der Waals surface area contributed by atoms with Crippen LogP contribution < -0.4 is 26.0 Å². The van der Waals surface area contributed by atoms with Crippen LogP contribution in [0.4, 0.5) is 5.69 Å². The molecular formula is C43H44BN3O6S. The van der Waals surface area contributed by atoms with E-state index in [9.17, 15) is 9.59 Å². The summed E-state index contributed by atoms with van der Waals surface area (Å²) in [6.07, 6.45) is 6.03. The predicted octanol–water partition coefficient (Wildman–Crippen LogP) is 8.03. The quantitative estimate of drug-likeness (QED) is 0.0926. The van der Waals surface area contributed by atoms with Gasteiger partial charge in [0.2, 0.25) is 11.8 Å². The highest BCUT2D eigenvalue weighted by atomic mass is 32.1. The van der Waals surface area contributed by atoms with Crippen molar-refractivity contribution < 1.29 is 28.4 Å². The number of hydrogen-bond donors (Lipinski definition) is 2. The number of rotatable bonds is 13. The lowest BCUT2D eigenvalue weighted by Crippen LogP contribution is -2.41. The molecule has 0 spiro atoms. The third kappa shape index (κ3) is 9.17. The number of carbonyl (C=O) groups excluding carboxylic acids is 2. The zero-order valence-corrected chi connectivity index (χ0v) is 32.2. The molecule has 276 valence electrons. The van der Waals surface area contributed by atoms with E-state index in [1.807, 2.05) is 133 Å². The number of aryl methyl sites for hydroxylation is 2. The van der Waals surface area contributed by atoms with Crippen LogP contribution in [0.25, 0.3) is 22.6 Å². The average Bonchev–Trinajstić information content (AvgIpc) is 3.60. The number of ether oxygens (including phenoxy) is 2. The van der Waals surface area contributed by atoms with Crippen LogP contribution in [0.5, 0.6) is 11.5 Å². The van der Waals surface area contributed by atoms with Crippen LogP contribution >= 0.6 is 11.3 Å². The third-order valence-corrected chi connectivity index (χ3v) is 10.5. The molecule has 3 N–H and O–H groups in total. The zero-order chi connectivity index (χ0) is 38.5. The highest BCUT2D eigenvalue weighted by Crippen LogP contribution is 2.40. The molecule has 1 aromatic heterocycles. The van der Waals surface area contributed by atoms with Crippen LogP contribution in [0.2, 0.25) is 0 Å². The monoisotopic (exact) mass is 741 g/mol. The van der Waals surface area contributed by atoms with Gasteiger partial charge in [-0.2, -0.15) is 0 Å². The van der Waals surface area contributed by atoms with E-state index in [0.717, 1.165) is 37.7 Å². The van der Waals surface area contributed by atoms with Crippen LogP contribution in [0, 0.1) is 13.8 Å². The van der Waals surface area contributed by atoms with Crippen LogP contribution in [-0.4, -0.2) is 35.1 Å². The van der Waals surface area contributed by atoms with Gasteiger partial charge in [0, 0.05) is 23.3 Å². The van der Waals surface area contributed by atoms with Gasteiger partial charge in [-0.05, 0) is 94.0 Å². The van der Waals surface area contributed by atoms with Gasteiger partial charge in [-0.3, -0.25) is 9.59 Å². The number of primary amides is 1. The van der Waals surface area contributed by atoms with Gasteiger partial charge in [-0.1, -0.05) is 72.8 Å². The summed E-state index contributed by atoms with van der Waals surface area (Å²) in [4.78, 5) is 31.3. The fourth-order valence-electron chi connectivity index (χ4n) is 5.89. The Labute approximate surface area is 321 Å². The highest BCUT2D eigenvalue weighted by Gasteiger charge is 2.51. The fraction of sp³-hybridized carbons (Fsp3) is 0.233. The van der Waals surface area contributed by atoms with Crippen molar-refractivity contribution in [2.75, 3.05) is 5.32 Å². The minimum Gasteiger partial charge on any atom is -0.488 e. The lowest BCUT2D eigenvalue weighted by atomic mass is 9.78. The molecule has 0 unspecified atom stereocenters. The highest BCUT2D eigenvalue weighted by molar-refractivity contribution is 7.15. The van der Waals surface area contributed by atoms with Gasteiger partial charge in [-0.25, -0.2) is 4.98 Å². The van der Waals surface area contributed by atoms with Crippen molar-refractivity contribution in [3.8, 4) is 21.9 Å².